The minimum absolute atomic E-state index is 0.107. The SMILES string of the molecule is Cn1c(NCC(O)CN2CCCC2)c(C(=O)c2ccccc2)c(=O)n(C)c1=O. The van der Waals surface area contributed by atoms with Crippen LogP contribution in [0.5, 0.6) is 0 Å². The van der Waals surface area contributed by atoms with Gasteiger partial charge < -0.3 is 15.3 Å². The monoisotopic (exact) mass is 386 g/mol. The van der Waals surface area contributed by atoms with Crippen molar-refractivity contribution >= 4 is 11.6 Å². The Morgan fingerprint density at radius 2 is 1.75 bits per heavy atom. The molecule has 2 aromatic rings. The van der Waals surface area contributed by atoms with E-state index in [1.807, 2.05) is 0 Å². The predicted octanol–water partition coefficient (Wildman–Crippen LogP) is 0.184. The first-order valence-corrected chi connectivity index (χ1v) is 9.44. The van der Waals surface area contributed by atoms with E-state index in [2.05, 4.69) is 10.2 Å². The molecule has 0 aliphatic carbocycles. The second kappa shape index (κ2) is 8.53. The average Bonchev–Trinajstić information content (AvgIpc) is 3.21. The van der Waals surface area contributed by atoms with Crippen LogP contribution >= 0.6 is 0 Å². The molecule has 0 spiro atoms. The summed E-state index contributed by atoms with van der Waals surface area (Å²) in [6.07, 6.45) is 1.56. The van der Waals surface area contributed by atoms with Crippen molar-refractivity contribution in [1.29, 1.82) is 0 Å². The summed E-state index contributed by atoms with van der Waals surface area (Å²) in [6, 6.07) is 8.46. The molecule has 3 rings (SSSR count). The molecule has 1 aromatic carbocycles. The Hall–Kier alpha value is -2.71. The lowest BCUT2D eigenvalue weighted by molar-refractivity contribution is 0.103. The number of ketones is 1. The number of aliphatic hydroxyl groups is 1. The van der Waals surface area contributed by atoms with Crippen molar-refractivity contribution in [3.8, 4) is 0 Å². The number of nitrogens with one attached hydrogen (secondary N) is 1. The number of hydrogen-bond donors (Lipinski definition) is 2. The number of benzene rings is 1. The molecule has 1 unspecified atom stereocenters. The van der Waals surface area contributed by atoms with Crippen molar-refractivity contribution in [2.45, 2.75) is 18.9 Å². The average molecular weight is 386 g/mol. The van der Waals surface area contributed by atoms with Gasteiger partial charge in [-0.05, 0) is 25.9 Å². The first-order chi connectivity index (χ1) is 13.4. The largest absolute Gasteiger partial charge is 0.390 e. The molecule has 2 heterocycles. The van der Waals surface area contributed by atoms with E-state index < -0.39 is 23.1 Å². The Labute approximate surface area is 163 Å². The van der Waals surface area contributed by atoms with Crippen LogP contribution in [0.1, 0.15) is 28.8 Å². The summed E-state index contributed by atoms with van der Waals surface area (Å²) < 4.78 is 2.15. The maximum absolute atomic E-state index is 13.0. The molecular weight excluding hydrogens is 360 g/mol. The van der Waals surface area contributed by atoms with Crippen LogP contribution in [-0.4, -0.2) is 57.2 Å². The molecule has 1 fully saturated rings. The van der Waals surface area contributed by atoms with Crippen LogP contribution < -0.4 is 16.6 Å². The van der Waals surface area contributed by atoms with Gasteiger partial charge in [0.05, 0.1) is 6.10 Å². The molecule has 8 nitrogen and oxygen atoms in total. The van der Waals surface area contributed by atoms with Crippen LogP contribution in [0, 0.1) is 0 Å². The Balaban J connectivity index is 1.91. The van der Waals surface area contributed by atoms with Gasteiger partial charge in [0.15, 0.2) is 0 Å². The van der Waals surface area contributed by atoms with Crippen molar-refractivity contribution in [2.24, 2.45) is 14.1 Å². The third kappa shape index (κ3) is 4.07. The second-order valence-corrected chi connectivity index (χ2v) is 7.17. The van der Waals surface area contributed by atoms with Gasteiger partial charge in [0, 0.05) is 32.7 Å². The summed E-state index contributed by atoms with van der Waals surface area (Å²) in [7, 11) is 2.84. The molecule has 0 radical (unpaired) electrons. The molecule has 1 aromatic heterocycles. The Kier molecular flexibility index (Phi) is 6.11. The lowest BCUT2D eigenvalue weighted by Crippen LogP contribution is -2.43. The van der Waals surface area contributed by atoms with Gasteiger partial charge in [0.25, 0.3) is 5.56 Å². The number of β-amino-alcohol motifs (C(OH)–C–C–N with tert-alkyl or cyclic N) is 1. The number of aromatic nitrogens is 2. The molecule has 0 bridgehead atoms. The van der Waals surface area contributed by atoms with Crippen molar-refractivity contribution < 1.29 is 9.90 Å². The van der Waals surface area contributed by atoms with Crippen molar-refractivity contribution in [1.82, 2.24) is 14.0 Å². The molecule has 28 heavy (non-hydrogen) atoms. The molecule has 1 atom stereocenters. The van der Waals surface area contributed by atoms with E-state index in [-0.39, 0.29) is 17.9 Å². The third-order valence-corrected chi connectivity index (χ3v) is 5.10. The van der Waals surface area contributed by atoms with Crippen molar-refractivity contribution in [2.75, 3.05) is 31.5 Å². The van der Waals surface area contributed by atoms with Gasteiger partial charge in [-0.3, -0.25) is 18.7 Å². The molecule has 8 heteroatoms. The van der Waals surface area contributed by atoms with Gasteiger partial charge in [0.1, 0.15) is 11.4 Å². The fraction of sp³-hybridized carbons (Fsp3) is 0.450. The summed E-state index contributed by atoms with van der Waals surface area (Å²) in [5.74, 6) is -0.337. The van der Waals surface area contributed by atoms with Gasteiger partial charge in [-0.15, -0.1) is 0 Å². The van der Waals surface area contributed by atoms with Gasteiger partial charge in [-0.25, -0.2) is 4.79 Å². The van der Waals surface area contributed by atoms with Crippen LogP contribution in [-0.2, 0) is 14.1 Å². The fourth-order valence-electron chi connectivity index (χ4n) is 3.53. The summed E-state index contributed by atoms with van der Waals surface area (Å²) >= 11 is 0. The highest BCUT2D eigenvalue weighted by atomic mass is 16.3. The number of likely N-dealkylation sites (tertiary alicyclic amines) is 1. The molecule has 150 valence electrons. The van der Waals surface area contributed by atoms with Crippen LogP contribution in [0.25, 0.3) is 0 Å². The van der Waals surface area contributed by atoms with Crippen molar-refractivity contribution in [3.05, 3.63) is 62.3 Å². The topological polar surface area (TPSA) is 96.6 Å². The Morgan fingerprint density at radius 1 is 1.11 bits per heavy atom. The van der Waals surface area contributed by atoms with E-state index in [9.17, 15) is 19.5 Å². The molecule has 1 aliphatic rings. The van der Waals surface area contributed by atoms with E-state index in [4.69, 9.17) is 0 Å². The quantitative estimate of drug-likeness (QED) is 0.659. The number of anilines is 1. The van der Waals surface area contributed by atoms with Gasteiger partial charge >= 0.3 is 5.69 Å². The molecule has 1 saturated heterocycles. The van der Waals surface area contributed by atoms with Crippen molar-refractivity contribution in [3.63, 3.8) is 0 Å². The second-order valence-electron chi connectivity index (χ2n) is 7.17. The Bertz CT molecular complexity index is 959. The first kappa shape index (κ1) is 20.0. The third-order valence-electron chi connectivity index (χ3n) is 5.10. The van der Waals surface area contributed by atoms with Crippen LogP contribution in [0.3, 0.4) is 0 Å². The van der Waals surface area contributed by atoms with Crippen LogP contribution in [0.2, 0.25) is 0 Å². The first-order valence-electron chi connectivity index (χ1n) is 9.44. The highest BCUT2D eigenvalue weighted by molar-refractivity contribution is 6.11. The molecule has 1 aliphatic heterocycles. The minimum Gasteiger partial charge on any atom is -0.390 e. The highest BCUT2D eigenvalue weighted by Crippen LogP contribution is 2.15. The summed E-state index contributed by atoms with van der Waals surface area (Å²) in [5, 5.41) is 13.3. The summed E-state index contributed by atoms with van der Waals surface area (Å²) in [4.78, 5) is 40.2. The van der Waals surface area contributed by atoms with Crippen LogP contribution in [0.15, 0.2) is 39.9 Å². The number of carbonyl (C=O) groups is 1. The maximum atomic E-state index is 13.0. The number of carbonyl (C=O) groups excluding carboxylic acids is 1. The molecular formula is C20H26N4O4. The normalized spacial score (nSPS) is 15.5. The number of hydrogen-bond acceptors (Lipinski definition) is 6. The lowest BCUT2D eigenvalue weighted by atomic mass is 10.0. The maximum Gasteiger partial charge on any atom is 0.332 e. The van der Waals surface area contributed by atoms with Gasteiger partial charge in [0.2, 0.25) is 5.78 Å². The van der Waals surface area contributed by atoms with E-state index in [0.29, 0.717) is 12.1 Å². The van der Waals surface area contributed by atoms with E-state index in [0.717, 1.165) is 30.5 Å². The zero-order chi connectivity index (χ0) is 20.3. The number of rotatable bonds is 7. The summed E-state index contributed by atoms with van der Waals surface area (Å²) in [5.41, 5.74) is -0.942. The number of nitrogens with zero attached hydrogens (tertiary/aromatic N) is 3. The van der Waals surface area contributed by atoms with E-state index in [1.54, 1.807) is 30.3 Å². The van der Waals surface area contributed by atoms with E-state index >= 15 is 0 Å². The van der Waals surface area contributed by atoms with Crippen LogP contribution in [0.4, 0.5) is 5.82 Å². The molecule has 0 saturated carbocycles. The zero-order valence-electron chi connectivity index (χ0n) is 16.2. The number of aliphatic hydroxyl groups excluding tert-OH is 1. The van der Waals surface area contributed by atoms with Gasteiger partial charge in [-0.1, -0.05) is 30.3 Å². The molecule has 0 amide bonds. The zero-order valence-corrected chi connectivity index (χ0v) is 16.2. The predicted molar refractivity (Wildman–Crippen MR) is 107 cm³/mol. The highest BCUT2D eigenvalue weighted by Gasteiger charge is 2.24. The van der Waals surface area contributed by atoms with E-state index in [1.165, 1.54) is 18.7 Å². The summed E-state index contributed by atoms with van der Waals surface area (Å²) in [6.45, 7) is 2.55. The lowest BCUT2D eigenvalue weighted by Gasteiger charge is -2.21. The van der Waals surface area contributed by atoms with Gasteiger partial charge in [-0.2, -0.15) is 0 Å². The smallest absolute Gasteiger partial charge is 0.332 e. The fourth-order valence-corrected chi connectivity index (χ4v) is 3.53. The standard InChI is InChI=1S/C20H26N4O4/c1-22-18(21-12-15(25)13-24-10-6-7-11-24)16(19(27)23(2)20(22)28)17(26)14-8-4-3-5-9-14/h3-5,8-9,15,21,25H,6-7,10-13H2,1-2H3. The minimum atomic E-state index is -0.683. The Morgan fingerprint density at radius 3 is 2.39 bits per heavy atom. The molecule has 2 N–H and O–H groups in total.